The van der Waals surface area contributed by atoms with E-state index in [1.165, 1.54) is 0 Å². The highest BCUT2D eigenvalue weighted by Crippen LogP contribution is 2.48. The van der Waals surface area contributed by atoms with Gasteiger partial charge in [-0.2, -0.15) is 12.6 Å². The molecule has 1 aliphatic carbocycles. The fourth-order valence-electron chi connectivity index (χ4n) is 2.46. The van der Waals surface area contributed by atoms with Crippen molar-refractivity contribution in [2.24, 2.45) is 11.3 Å². The lowest BCUT2D eigenvalue weighted by molar-refractivity contribution is 0.133. The minimum absolute atomic E-state index is 0.0815. The van der Waals surface area contributed by atoms with Crippen molar-refractivity contribution in [2.45, 2.75) is 51.4 Å². The SMILES string of the molecule is CC(C)C1(C(C)S)CCC(O)C1. The first kappa shape index (κ1) is 10.4. The van der Waals surface area contributed by atoms with E-state index in [4.69, 9.17) is 0 Å². The average Bonchev–Trinajstić information content (AvgIpc) is 2.32. The fraction of sp³-hybridized carbons (Fsp3) is 1.00. The van der Waals surface area contributed by atoms with Crippen molar-refractivity contribution in [3.8, 4) is 0 Å². The van der Waals surface area contributed by atoms with Gasteiger partial charge < -0.3 is 5.11 Å². The third-order valence-corrected chi connectivity index (χ3v) is 4.05. The Kier molecular flexibility index (Phi) is 3.11. The van der Waals surface area contributed by atoms with E-state index in [0.29, 0.717) is 11.2 Å². The third-order valence-electron chi connectivity index (χ3n) is 3.54. The van der Waals surface area contributed by atoms with E-state index in [0.717, 1.165) is 19.3 Å². The van der Waals surface area contributed by atoms with Crippen LogP contribution in [-0.4, -0.2) is 16.5 Å². The van der Waals surface area contributed by atoms with Crippen LogP contribution in [0.15, 0.2) is 0 Å². The quantitative estimate of drug-likeness (QED) is 0.638. The highest BCUT2D eigenvalue weighted by Gasteiger charge is 2.43. The number of hydrogen-bond donors (Lipinski definition) is 2. The smallest absolute Gasteiger partial charge is 0.0546 e. The molecule has 1 N–H and O–H groups in total. The molecule has 2 heteroatoms. The van der Waals surface area contributed by atoms with Crippen LogP contribution in [0, 0.1) is 11.3 Å². The van der Waals surface area contributed by atoms with E-state index in [-0.39, 0.29) is 11.5 Å². The molecule has 0 heterocycles. The molecule has 0 aromatic rings. The molecule has 0 bridgehead atoms. The van der Waals surface area contributed by atoms with Crippen molar-refractivity contribution < 1.29 is 5.11 Å². The normalized spacial score (nSPS) is 39.0. The molecule has 0 amide bonds. The number of aliphatic hydroxyl groups excluding tert-OH is 1. The number of thiol groups is 1. The number of hydrogen-bond acceptors (Lipinski definition) is 2. The molecule has 0 aromatic carbocycles. The van der Waals surface area contributed by atoms with E-state index in [1.807, 2.05) is 0 Å². The lowest BCUT2D eigenvalue weighted by Gasteiger charge is -2.37. The molecular weight excluding hydrogens is 168 g/mol. The van der Waals surface area contributed by atoms with E-state index in [9.17, 15) is 5.11 Å². The highest BCUT2D eigenvalue weighted by atomic mass is 32.1. The second kappa shape index (κ2) is 3.59. The Balaban J connectivity index is 2.75. The average molecular weight is 188 g/mol. The van der Waals surface area contributed by atoms with Gasteiger partial charge in [0, 0.05) is 5.25 Å². The van der Waals surface area contributed by atoms with Crippen molar-refractivity contribution >= 4 is 12.6 Å². The van der Waals surface area contributed by atoms with Gasteiger partial charge in [0.1, 0.15) is 0 Å². The van der Waals surface area contributed by atoms with Gasteiger partial charge in [0.15, 0.2) is 0 Å². The molecular formula is C10H20OS. The Morgan fingerprint density at radius 3 is 2.17 bits per heavy atom. The first-order chi connectivity index (χ1) is 5.49. The van der Waals surface area contributed by atoms with Gasteiger partial charge in [0.25, 0.3) is 0 Å². The van der Waals surface area contributed by atoms with E-state index < -0.39 is 0 Å². The molecule has 0 radical (unpaired) electrons. The van der Waals surface area contributed by atoms with Crippen molar-refractivity contribution in [3.05, 3.63) is 0 Å². The molecule has 1 saturated carbocycles. The highest BCUT2D eigenvalue weighted by molar-refractivity contribution is 7.81. The summed E-state index contributed by atoms with van der Waals surface area (Å²) in [7, 11) is 0. The molecule has 72 valence electrons. The minimum Gasteiger partial charge on any atom is -0.393 e. The summed E-state index contributed by atoms with van der Waals surface area (Å²) in [5, 5.41) is 9.93. The molecule has 0 spiro atoms. The lowest BCUT2D eigenvalue weighted by Crippen LogP contribution is -2.33. The van der Waals surface area contributed by atoms with Gasteiger partial charge in [-0.05, 0) is 30.6 Å². The largest absolute Gasteiger partial charge is 0.393 e. The molecule has 0 aliphatic heterocycles. The molecule has 3 unspecified atom stereocenters. The molecule has 0 aromatic heterocycles. The molecule has 1 fully saturated rings. The zero-order valence-corrected chi connectivity index (χ0v) is 9.14. The van der Waals surface area contributed by atoms with E-state index in [2.05, 4.69) is 33.4 Å². The second-order valence-corrected chi connectivity index (χ2v) is 5.24. The predicted molar refractivity (Wildman–Crippen MR) is 55.6 cm³/mol. The van der Waals surface area contributed by atoms with Crippen molar-refractivity contribution in [1.29, 1.82) is 0 Å². The Morgan fingerprint density at radius 1 is 1.42 bits per heavy atom. The third kappa shape index (κ3) is 1.64. The summed E-state index contributed by atoms with van der Waals surface area (Å²) in [6, 6.07) is 0. The van der Waals surface area contributed by atoms with Crippen LogP contribution in [0.25, 0.3) is 0 Å². The van der Waals surface area contributed by atoms with Gasteiger partial charge in [-0.3, -0.25) is 0 Å². The number of aliphatic hydroxyl groups is 1. The maximum Gasteiger partial charge on any atom is 0.0546 e. The van der Waals surface area contributed by atoms with Gasteiger partial charge in [0.2, 0.25) is 0 Å². The zero-order valence-electron chi connectivity index (χ0n) is 8.25. The Bertz CT molecular complexity index is 146. The molecule has 1 rings (SSSR count). The van der Waals surface area contributed by atoms with Crippen molar-refractivity contribution in [3.63, 3.8) is 0 Å². The Hall–Kier alpha value is 0.310. The van der Waals surface area contributed by atoms with Crippen LogP contribution in [0.1, 0.15) is 40.0 Å². The van der Waals surface area contributed by atoms with Crippen LogP contribution in [-0.2, 0) is 0 Å². The van der Waals surface area contributed by atoms with Gasteiger partial charge >= 0.3 is 0 Å². The first-order valence-corrected chi connectivity index (χ1v) is 5.37. The maximum atomic E-state index is 9.53. The zero-order chi connectivity index (χ0) is 9.35. The van der Waals surface area contributed by atoms with Crippen LogP contribution in [0.2, 0.25) is 0 Å². The van der Waals surface area contributed by atoms with Crippen molar-refractivity contribution in [2.75, 3.05) is 0 Å². The summed E-state index contributed by atoms with van der Waals surface area (Å²) in [5.74, 6) is 0.627. The summed E-state index contributed by atoms with van der Waals surface area (Å²) < 4.78 is 0. The maximum absolute atomic E-state index is 9.53. The van der Waals surface area contributed by atoms with E-state index in [1.54, 1.807) is 0 Å². The van der Waals surface area contributed by atoms with Gasteiger partial charge in [-0.25, -0.2) is 0 Å². The monoisotopic (exact) mass is 188 g/mol. The van der Waals surface area contributed by atoms with Crippen LogP contribution in [0.4, 0.5) is 0 Å². The van der Waals surface area contributed by atoms with Gasteiger partial charge in [0.05, 0.1) is 6.10 Å². The van der Waals surface area contributed by atoms with Crippen LogP contribution in [0.5, 0.6) is 0 Å². The first-order valence-electron chi connectivity index (χ1n) is 4.85. The van der Waals surface area contributed by atoms with Gasteiger partial charge in [-0.15, -0.1) is 0 Å². The minimum atomic E-state index is -0.0815. The summed E-state index contributed by atoms with van der Waals surface area (Å²) in [6.45, 7) is 6.64. The van der Waals surface area contributed by atoms with Crippen LogP contribution >= 0.6 is 12.6 Å². The summed E-state index contributed by atoms with van der Waals surface area (Å²) in [4.78, 5) is 0. The topological polar surface area (TPSA) is 20.2 Å². The standard InChI is InChI=1S/C10H20OS/c1-7(2)10(8(3)12)5-4-9(11)6-10/h7-9,11-12H,4-6H2,1-3H3. The van der Waals surface area contributed by atoms with Crippen LogP contribution < -0.4 is 0 Å². The molecule has 1 nitrogen and oxygen atoms in total. The molecule has 1 aliphatic rings. The van der Waals surface area contributed by atoms with E-state index >= 15 is 0 Å². The summed E-state index contributed by atoms with van der Waals surface area (Å²) >= 11 is 4.55. The van der Waals surface area contributed by atoms with Gasteiger partial charge in [-0.1, -0.05) is 20.8 Å². The van der Waals surface area contributed by atoms with Crippen molar-refractivity contribution in [1.82, 2.24) is 0 Å². The molecule has 3 atom stereocenters. The molecule has 0 saturated heterocycles. The lowest BCUT2D eigenvalue weighted by atomic mass is 9.73. The summed E-state index contributed by atoms with van der Waals surface area (Å²) in [5.41, 5.74) is 0.280. The fourth-order valence-corrected chi connectivity index (χ4v) is 3.00. The Morgan fingerprint density at radius 2 is 2.00 bits per heavy atom. The summed E-state index contributed by atoms with van der Waals surface area (Å²) in [6.07, 6.45) is 2.96. The van der Waals surface area contributed by atoms with Crippen LogP contribution in [0.3, 0.4) is 0 Å². The molecule has 12 heavy (non-hydrogen) atoms. The predicted octanol–water partition coefficient (Wildman–Crippen LogP) is 2.49. The Labute approximate surface area is 81.0 Å². The number of rotatable bonds is 2. The second-order valence-electron chi connectivity index (χ2n) is 4.46.